The molecule has 0 aromatic heterocycles. The first-order valence-corrected chi connectivity index (χ1v) is 5.33. The first kappa shape index (κ1) is 12.5. The van der Waals surface area contributed by atoms with Gasteiger partial charge in [-0.25, -0.2) is 0 Å². The number of nitrogens with zero attached hydrogens (tertiary/aromatic N) is 1. The van der Waals surface area contributed by atoms with Crippen LogP contribution in [0, 0.1) is 0 Å². The number of carbonyl (C=O) groups excluding carboxylic acids is 1. The van der Waals surface area contributed by atoms with Crippen molar-refractivity contribution in [3.05, 3.63) is 29.8 Å². The van der Waals surface area contributed by atoms with Crippen molar-refractivity contribution in [3.8, 4) is 5.75 Å². The molecule has 0 aliphatic rings. The average molecular weight is 222 g/mol. The molecule has 0 atom stereocenters. The highest BCUT2D eigenvalue weighted by Crippen LogP contribution is 2.12. The molecule has 2 N–H and O–H groups in total. The summed E-state index contributed by atoms with van der Waals surface area (Å²) in [7, 11) is 1.75. The number of benzene rings is 1. The van der Waals surface area contributed by atoms with Gasteiger partial charge in [0.2, 0.25) is 0 Å². The molecule has 0 radical (unpaired) electrons. The van der Waals surface area contributed by atoms with E-state index in [1.807, 2.05) is 31.2 Å². The van der Waals surface area contributed by atoms with E-state index in [1.165, 1.54) is 0 Å². The predicted octanol–water partition coefficient (Wildman–Crippen LogP) is 1.00. The Labute approximate surface area is 96.0 Å². The zero-order chi connectivity index (χ0) is 12.0. The Morgan fingerprint density at radius 2 is 2.25 bits per heavy atom. The van der Waals surface area contributed by atoms with Gasteiger partial charge >= 0.3 is 0 Å². The molecule has 0 saturated carbocycles. The normalized spacial score (nSPS) is 9.94. The van der Waals surface area contributed by atoms with Gasteiger partial charge in [-0.05, 0) is 24.6 Å². The molecule has 1 aromatic carbocycles. The summed E-state index contributed by atoms with van der Waals surface area (Å²) in [5.41, 5.74) is 6.51. The zero-order valence-corrected chi connectivity index (χ0v) is 9.77. The molecular formula is C12H18N2O2. The third-order valence-corrected chi connectivity index (χ3v) is 2.40. The molecular weight excluding hydrogens is 204 g/mol. The van der Waals surface area contributed by atoms with Crippen LogP contribution in [-0.2, 0) is 11.3 Å². The van der Waals surface area contributed by atoms with E-state index in [-0.39, 0.29) is 12.5 Å². The van der Waals surface area contributed by atoms with Gasteiger partial charge in [0.1, 0.15) is 5.75 Å². The maximum absolute atomic E-state index is 11.5. The number of amides is 1. The second-order valence-electron chi connectivity index (χ2n) is 3.55. The van der Waals surface area contributed by atoms with Gasteiger partial charge in [-0.2, -0.15) is 0 Å². The van der Waals surface area contributed by atoms with Crippen molar-refractivity contribution in [2.45, 2.75) is 13.5 Å². The van der Waals surface area contributed by atoms with E-state index >= 15 is 0 Å². The summed E-state index contributed by atoms with van der Waals surface area (Å²) in [5.74, 6) is 0.654. The Morgan fingerprint density at radius 3 is 2.88 bits per heavy atom. The van der Waals surface area contributed by atoms with Crippen LogP contribution in [0.4, 0.5) is 0 Å². The molecule has 1 rings (SSSR count). The highest BCUT2D eigenvalue weighted by atomic mass is 16.5. The third kappa shape index (κ3) is 3.55. The first-order valence-electron chi connectivity index (χ1n) is 5.33. The summed E-state index contributed by atoms with van der Waals surface area (Å²) in [6.45, 7) is 3.15. The van der Waals surface area contributed by atoms with Crippen LogP contribution in [0.5, 0.6) is 5.75 Å². The summed E-state index contributed by atoms with van der Waals surface area (Å²) in [4.78, 5) is 13.1. The number of ether oxygens (including phenoxy) is 1. The summed E-state index contributed by atoms with van der Waals surface area (Å²) in [6.07, 6.45) is 0. The molecule has 0 aliphatic heterocycles. The molecule has 1 aromatic rings. The van der Waals surface area contributed by atoms with Crippen LogP contribution in [-0.4, -0.2) is 31.0 Å². The topological polar surface area (TPSA) is 55.6 Å². The first-order chi connectivity index (χ1) is 7.67. The molecule has 16 heavy (non-hydrogen) atoms. The summed E-state index contributed by atoms with van der Waals surface area (Å²) in [6, 6.07) is 7.45. The summed E-state index contributed by atoms with van der Waals surface area (Å²) >= 11 is 0. The lowest BCUT2D eigenvalue weighted by atomic mass is 10.2. The molecule has 0 unspecified atom stereocenters. The van der Waals surface area contributed by atoms with E-state index in [4.69, 9.17) is 10.5 Å². The van der Waals surface area contributed by atoms with Gasteiger partial charge < -0.3 is 15.4 Å². The molecule has 4 heteroatoms. The van der Waals surface area contributed by atoms with Gasteiger partial charge in [0.05, 0.1) is 0 Å². The van der Waals surface area contributed by atoms with Crippen molar-refractivity contribution >= 4 is 5.91 Å². The fourth-order valence-electron chi connectivity index (χ4n) is 1.19. The van der Waals surface area contributed by atoms with Crippen LogP contribution < -0.4 is 10.5 Å². The van der Waals surface area contributed by atoms with Crippen molar-refractivity contribution in [1.82, 2.24) is 4.90 Å². The van der Waals surface area contributed by atoms with Crippen LogP contribution in [0.25, 0.3) is 0 Å². The maximum atomic E-state index is 11.5. The molecule has 0 fully saturated rings. The second-order valence-corrected chi connectivity index (χ2v) is 3.55. The van der Waals surface area contributed by atoms with Crippen molar-refractivity contribution in [2.24, 2.45) is 5.73 Å². The van der Waals surface area contributed by atoms with E-state index in [9.17, 15) is 4.79 Å². The molecule has 0 spiro atoms. The number of likely N-dealkylation sites (N-methyl/N-ethyl adjacent to an activating group) is 1. The maximum Gasteiger partial charge on any atom is 0.260 e. The van der Waals surface area contributed by atoms with Gasteiger partial charge in [-0.3, -0.25) is 4.79 Å². The number of hydrogen-bond acceptors (Lipinski definition) is 3. The molecule has 0 saturated heterocycles. The fourth-order valence-corrected chi connectivity index (χ4v) is 1.19. The number of rotatable bonds is 5. The Balaban J connectivity index is 2.51. The van der Waals surface area contributed by atoms with Crippen molar-refractivity contribution in [3.63, 3.8) is 0 Å². The quantitative estimate of drug-likeness (QED) is 0.808. The SMILES string of the molecule is CCN(C)C(=O)COc1cccc(CN)c1. The van der Waals surface area contributed by atoms with E-state index in [0.29, 0.717) is 18.8 Å². The lowest BCUT2D eigenvalue weighted by molar-refractivity contribution is -0.131. The van der Waals surface area contributed by atoms with E-state index < -0.39 is 0 Å². The molecule has 0 heterocycles. The predicted molar refractivity (Wildman–Crippen MR) is 63.1 cm³/mol. The van der Waals surface area contributed by atoms with Gasteiger partial charge in [0, 0.05) is 20.1 Å². The van der Waals surface area contributed by atoms with Gasteiger partial charge in [-0.15, -0.1) is 0 Å². The molecule has 0 bridgehead atoms. The largest absolute Gasteiger partial charge is 0.484 e. The molecule has 88 valence electrons. The number of carbonyl (C=O) groups is 1. The van der Waals surface area contributed by atoms with Crippen LogP contribution >= 0.6 is 0 Å². The standard InChI is InChI=1S/C12H18N2O2/c1-3-14(2)12(15)9-16-11-6-4-5-10(7-11)8-13/h4-7H,3,8-9,13H2,1-2H3. The number of hydrogen-bond donors (Lipinski definition) is 1. The second kappa shape index (κ2) is 6.12. The Morgan fingerprint density at radius 1 is 1.50 bits per heavy atom. The highest BCUT2D eigenvalue weighted by Gasteiger charge is 2.07. The van der Waals surface area contributed by atoms with Gasteiger partial charge in [0.25, 0.3) is 5.91 Å². The molecule has 4 nitrogen and oxygen atoms in total. The van der Waals surface area contributed by atoms with Crippen molar-refractivity contribution < 1.29 is 9.53 Å². The lowest BCUT2D eigenvalue weighted by Crippen LogP contribution is -2.31. The highest BCUT2D eigenvalue weighted by molar-refractivity contribution is 5.77. The van der Waals surface area contributed by atoms with Crippen molar-refractivity contribution in [2.75, 3.05) is 20.2 Å². The Kier molecular flexibility index (Phi) is 4.79. The lowest BCUT2D eigenvalue weighted by Gasteiger charge is -2.14. The van der Waals surface area contributed by atoms with E-state index in [2.05, 4.69) is 0 Å². The smallest absolute Gasteiger partial charge is 0.260 e. The van der Waals surface area contributed by atoms with Gasteiger partial charge in [-0.1, -0.05) is 12.1 Å². The van der Waals surface area contributed by atoms with Crippen LogP contribution in [0.15, 0.2) is 24.3 Å². The third-order valence-electron chi connectivity index (χ3n) is 2.40. The monoisotopic (exact) mass is 222 g/mol. The average Bonchev–Trinajstić information content (AvgIpc) is 2.35. The fraction of sp³-hybridized carbons (Fsp3) is 0.417. The Bertz CT molecular complexity index is 353. The van der Waals surface area contributed by atoms with E-state index in [0.717, 1.165) is 5.56 Å². The van der Waals surface area contributed by atoms with Crippen molar-refractivity contribution in [1.29, 1.82) is 0 Å². The minimum atomic E-state index is -0.0272. The van der Waals surface area contributed by atoms with Crippen LogP contribution in [0.2, 0.25) is 0 Å². The molecule has 0 aliphatic carbocycles. The molecule has 1 amide bonds. The van der Waals surface area contributed by atoms with E-state index in [1.54, 1.807) is 11.9 Å². The minimum absolute atomic E-state index is 0.0272. The van der Waals surface area contributed by atoms with Crippen LogP contribution in [0.1, 0.15) is 12.5 Å². The van der Waals surface area contributed by atoms with Crippen LogP contribution in [0.3, 0.4) is 0 Å². The number of nitrogens with two attached hydrogens (primary N) is 1. The Hall–Kier alpha value is -1.55. The van der Waals surface area contributed by atoms with Gasteiger partial charge in [0.15, 0.2) is 6.61 Å². The minimum Gasteiger partial charge on any atom is -0.484 e. The summed E-state index contributed by atoms with van der Waals surface area (Å²) < 4.78 is 5.39. The zero-order valence-electron chi connectivity index (χ0n) is 9.77. The summed E-state index contributed by atoms with van der Waals surface area (Å²) in [5, 5.41) is 0.